The third-order valence-corrected chi connectivity index (χ3v) is 8.54. The lowest BCUT2D eigenvalue weighted by molar-refractivity contribution is -0.129. The number of nitrogens with zero attached hydrogens (tertiary/aromatic N) is 5. The molecule has 0 bridgehead atoms. The van der Waals surface area contributed by atoms with Crippen molar-refractivity contribution in [2.24, 2.45) is 7.05 Å². The first-order valence-electron chi connectivity index (χ1n) is 10.4. The zero-order chi connectivity index (χ0) is 23.4. The third-order valence-electron chi connectivity index (χ3n) is 5.56. The van der Waals surface area contributed by atoms with Crippen molar-refractivity contribution in [3.8, 4) is 17.3 Å². The highest BCUT2D eigenvalue weighted by Crippen LogP contribution is 2.25. The number of thioether (sulfide) groups is 1. The Kier molecular flexibility index (Phi) is 6.83. The Hall–Kier alpha value is -3.13. The predicted octanol–water partition coefficient (Wildman–Crippen LogP) is 2.58. The molecule has 2 heterocycles. The lowest BCUT2D eigenvalue weighted by Crippen LogP contribution is -2.51. The number of hydrogen-bond acceptors (Lipinski definition) is 6. The van der Waals surface area contributed by atoms with Crippen LogP contribution in [0.3, 0.4) is 0 Å². The molecule has 0 atom stereocenters. The van der Waals surface area contributed by atoms with E-state index >= 15 is 0 Å². The summed E-state index contributed by atoms with van der Waals surface area (Å²) < 4.78 is 29.2. The molecular formula is C23H23N5O3S2. The summed E-state index contributed by atoms with van der Waals surface area (Å²) in [6, 6.07) is 18.0. The molecule has 8 nitrogen and oxygen atoms in total. The van der Waals surface area contributed by atoms with Gasteiger partial charge in [0.1, 0.15) is 6.07 Å². The van der Waals surface area contributed by atoms with Gasteiger partial charge in [-0.2, -0.15) is 9.57 Å². The van der Waals surface area contributed by atoms with Gasteiger partial charge in [0.15, 0.2) is 5.16 Å². The van der Waals surface area contributed by atoms with Gasteiger partial charge in [-0.25, -0.2) is 13.4 Å². The number of amides is 1. The second-order valence-electron chi connectivity index (χ2n) is 7.53. The minimum atomic E-state index is -3.78. The standard InChI is InChI=1S/C23H23N5O3S2/c1-26-20(18-7-3-2-4-8-18)16-25-23(26)32-17-22(29)27-11-13-28(14-12-27)33(30,31)21-10-6-5-9-19(21)15-24/h2-10,16H,11-14,17H2,1H3. The normalized spacial score (nSPS) is 14.7. The number of sulfonamides is 1. The molecule has 0 spiro atoms. The van der Waals surface area contributed by atoms with E-state index in [1.807, 2.05) is 48.0 Å². The van der Waals surface area contributed by atoms with Crippen LogP contribution in [-0.2, 0) is 21.9 Å². The fourth-order valence-electron chi connectivity index (χ4n) is 3.72. The zero-order valence-electron chi connectivity index (χ0n) is 18.1. The van der Waals surface area contributed by atoms with Gasteiger partial charge < -0.3 is 9.47 Å². The molecule has 1 saturated heterocycles. The maximum atomic E-state index is 13.0. The summed E-state index contributed by atoms with van der Waals surface area (Å²) in [5.74, 6) is 0.169. The lowest BCUT2D eigenvalue weighted by Gasteiger charge is -2.34. The van der Waals surface area contributed by atoms with Crippen LogP contribution in [-0.4, -0.2) is 65.0 Å². The van der Waals surface area contributed by atoms with E-state index in [1.165, 1.54) is 28.2 Å². The molecule has 0 saturated carbocycles. The number of rotatable bonds is 6. The van der Waals surface area contributed by atoms with Crippen LogP contribution < -0.4 is 0 Å². The maximum Gasteiger partial charge on any atom is 0.244 e. The van der Waals surface area contributed by atoms with Crippen molar-refractivity contribution >= 4 is 27.7 Å². The van der Waals surface area contributed by atoms with E-state index in [-0.39, 0.29) is 35.2 Å². The van der Waals surface area contributed by atoms with Gasteiger partial charge in [0.05, 0.1) is 28.1 Å². The van der Waals surface area contributed by atoms with Crippen molar-refractivity contribution in [3.63, 3.8) is 0 Å². The van der Waals surface area contributed by atoms with E-state index in [4.69, 9.17) is 0 Å². The Morgan fingerprint density at radius 2 is 1.73 bits per heavy atom. The van der Waals surface area contributed by atoms with Gasteiger partial charge in [0.2, 0.25) is 15.9 Å². The van der Waals surface area contributed by atoms with Crippen LogP contribution in [0.1, 0.15) is 5.56 Å². The third kappa shape index (κ3) is 4.80. The fourth-order valence-corrected chi connectivity index (χ4v) is 6.14. The molecule has 1 fully saturated rings. The summed E-state index contributed by atoms with van der Waals surface area (Å²) in [6.45, 7) is 1.00. The highest BCUT2D eigenvalue weighted by atomic mass is 32.2. The number of nitriles is 1. The summed E-state index contributed by atoms with van der Waals surface area (Å²) in [4.78, 5) is 18.9. The van der Waals surface area contributed by atoms with Crippen molar-refractivity contribution in [2.45, 2.75) is 10.1 Å². The van der Waals surface area contributed by atoms with E-state index < -0.39 is 10.0 Å². The Bertz CT molecular complexity index is 1290. The molecule has 0 N–H and O–H groups in total. The second kappa shape index (κ2) is 9.79. The van der Waals surface area contributed by atoms with Crippen LogP contribution in [0.25, 0.3) is 11.3 Å². The number of piperazine rings is 1. The fraction of sp³-hybridized carbons (Fsp3) is 0.261. The second-order valence-corrected chi connectivity index (χ2v) is 10.4. The van der Waals surface area contributed by atoms with Gasteiger partial charge in [0, 0.05) is 33.2 Å². The van der Waals surface area contributed by atoms with Crippen molar-refractivity contribution in [1.29, 1.82) is 5.26 Å². The molecule has 33 heavy (non-hydrogen) atoms. The minimum absolute atomic E-state index is 0.00633. The van der Waals surface area contributed by atoms with E-state index in [1.54, 1.807) is 23.2 Å². The molecule has 1 amide bonds. The monoisotopic (exact) mass is 481 g/mol. The number of carbonyl (C=O) groups is 1. The highest BCUT2D eigenvalue weighted by Gasteiger charge is 2.31. The molecule has 0 unspecified atom stereocenters. The molecular weight excluding hydrogens is 458 g/mol. The van der Waals surface area contributed by atoms with Crippen molar-refractivity contribution in [3.05, 3.63) is 66.4 Å². The first-order valence-corrected chi connectivity index (χ1v) is 12.8. The minimum Gasteiger partial charge on any atom is -0.339 e. The van der Waals surface area contributed by atoms with Gasteiger partial charge in [-0.3, -0.25) is 4.79 Å². The molecule has 10 heteroatoms. The summed E-state index contributed by atoms with van der Waals surface area (Å²) in [7, 11) is -1.86. The van der Waals surface area contributed by atoms with Crippen LogP contribution in [0.4, 0.5) is 0 Å². The molecule has 1 aliphatic heterocycles. The average molecular weight is 482 g/mol. The average Bonchev–Trinajstić information content (AvgIpc) is 3.23. The van der Waals surface area contributed by atoms with Crippen LogP contribution in [0.5, 0.6) is 0 Å². The summed E-state index contributed by atoms with van der Waals surface area (Å²) in [6.07, 6.45) is 1.80. The molecule has 0 aliphatic carbocycles. The lowest BCUT2D eigenvalue weighted by atomic mass is 10.2. The van der Waals surface area contributed by atoms with E-state index in [0.29, 0.717) is 13.1 Å². The van der Waals surface area contributed by atoms with Crippen LogP contribution >= 0.6 is 11.8 Å². The molecule has 4 rings (SSSR count). The van der Waals surface area contributed by atoms with Crippen molar-refractivity contribution < 1.29 is 13.2 Å². The van der Waals surface area contributed by atoms with E-state index in [0.717, 1.165) is 16.4 Å². The van der Waals surface area contributed by atoms with Gasteiger partial charge in [0.25, 0.3) is 0 Å². The zero-order valence-corrected chi connectivity index (χ0v) is 19.7. The summed E-state index contributed by atoms with van der Waals surface area (Å²) in [5.41, 5.74) is 2.15. The van der Waals surface area contributed by atoms with Gasteiger partial charge in [-0.15, -0.1) is 0 Å². The van der Waals surface area contributed by atoms with Gasteiger partial charge in [-0.05, 0) is 17.7 Å². The molecule has 3 aromatic rings. The molecule has 0 radical (unpaired) electrons. The summed E-state index contributed by atoms with van der Waals surface area (Å²) in [5, 5.41) is 9.99. The largest absolute Gasteiger partial charge is 0.339 e. The molecule has 1 aromatic heterocycles. The van der Waals surface area contributed by atoms with Crippen molar-refractivity contribution in [2.75, 3.05) is 31.9 Å². The number of hydrogen-bond donors (Lipinski definition) is 0. The SMILES string of the molecule is Cn1c(-c2ccccc2)cnc1SCC(=O)N1CCN(S(=O)(=O)c2ccccc2C#N)CC1. The van der Waals surface area contributed by atoms with Crippen LogP contribution in [0, 0.1) is 11.3 Å². The Balaban J connectivity index is 1.35. The predicted molar refractivity (Wildman–Crippen MR) is 126 cm³/mol. The molecule has 2 aromatic carbocycles. The quantitative estimate of drug-likeness (QED) is 0.502. The highest BCUT2D eigenvalue weighted by molar-refractivity contribution is 7.99. The first-order chi connectivity index (χ1) is 15.9. The summed E-state index contributed by atoms with van der Waals surface area (Å²) >= 11 is 1.37. The number of benzene rings is 2. The first kappa shape index (κ1) is 23.0. The molecule has 1 aliphatic rings. The number of aromatic nitrogens is 2. The maximum absolute atomic E-state index is 13.0. The topological polar surface area (TPSA) is 99.3 Å². The Morgan fingerprint density at radius 1 is 1.06 bits per heavy atom. The van der Waals surface area contributed by atoms with Crippen LogP contribution in [0.2, 0.25) is 0 Å². The van der Waals surface area contributed by atoms with Crippen LogP contribution in [0.15, 0.2) is 70.8 Å². The van der Waals surface area contributed by atoms with Gasteiger partial charge in [-0.1, -0.05) is 54.2 Å². The van der Waals surface area contributed by atoms with Crippen molar-refractivity contribution in [1.82, 2.24) is 18.8 Å². The molecule has 170 valence electrons. The number of imidazole rings is 1. The Morgan fingerprint density at radius 3 is 2.42 bits per heavy atom. The smallest absolute Gasteiger partial charge is 0.244 e. The van der Waals surface area contributed by atoms with E-state index in [9.17, 15) is 18.5 Å². The van der Waals surface area contributed by atoms with E-state index in [2.05, 4.69) is 4.98 Å². The number of carbonyl (C=O) groups excluding carboxylic acids is 1. The Labute approximate surface area is 197 Å². The van der Waals surface area contributed by atoms with Gasteiger partial charge >= 0.3 is 0 Å².